The zero-order chi connectivity index (χ0) is 19.7. The van der Waals surface area contributed by atoms with Crippen LogP contribution in [0.25, 0.3) is 0 Å². The van der Waals surface area contributed by atoms with Crippen molar-refractivity contribution in [3.8, 4) is 11.5 Å². The van der Waals surface area contributed by atoms with E-state index in [1.165, 1.54) is 0 Å². The third-order valence-electron chi connectivity index (χ3n) is 5.66. The Balaban J connectivity index is 1.82. The summed E-state index contributed by atoms with van der Waals surface area (Å²) < 4.78 is 16.8. The van der Waals surface area contributed by atoms with E-state index in [9.17, 15) is 4.79 Å². The molecule has 6 heteroatoms. The molecule has 6 nitrogen and oxygen atoms in total. The first kappa shape index (κ1) is 18.6. The smallest absolute Gasteiger partial charge is 0.258 e. The Kier molecular flexibility index (Phi) is 4.89. The van der Waals surface area contributed by atoms with Crippen LogP contribution in [0.15, 0.2) is 42.5 Å². The predicted molar refractivity (Wildman–Crippen MR) is 107 cm³/mol. The van der Waals surface area contributed by atoms with Crippen molar-refractivity contribution in [3.05, 3.63) is 53.6 Å². The van der Waals surface area contributed by atoms with Gasteiger partial charge < -0.3 is 24.4 Å². The molecule has 1 amide bonds. The highest BCUT2D eigenvalue weighted by atomic mass is 16.5. The molecular formula is C22H26N2O4. The van der Waals surface area contributed by atoms with Crippen molar-refractivity contribution in [3.63, 3.8) is 0 Å². The van der Waals surface area contributed by atoms with Gasteiger partial charge in [0.2, 0.25) is 0 Å². The van der Waals surface area contributed by atoms with Gasteiger partial charge >= 0.3 is 0 Å². The number of ether oxygens (including phenoxy) is 3. The fourth-order valence-corrected chi connectivity index (χ4v) is 4.13. The van der Waals surface area contributed by atoms with Crippen molar-refractivity contribution in [2.24, 2.45) is 0 Å². The van der Waals surface area contributed by atoms with Gasteiger partial charge in [-0.25, -0.2) is 0 Å². The minimum atomic E-state index is -0.783. The van der Waals surface area contributed by atoms with Gasteiger partial charge in [0, 0.05) is 30.5 Å². The van der Waals surface area contributed by atoms with Crippen molar-refractivity contribution in [2.75, 3.05) is 32.7 Å². The van der Waals surface area contributed by atoms with Crippen LogP contribution in [0.4, 0.5) is 5.69 Å². The Morgan fingerprint density at radius 2 is 2.04 bits per heavy atom. The van der Waals surface area contributed by atoms with Crippen LogP contribution in [0.5, 0.6) is 11.5 Å². The number of nitrogens with one attached hydrogen (secondary N) is 1. The third-order valence-corrected chi connectivity index (χ3v) is 5.66. The maximum Gasteiger partial charge on any atom is 0.258 e. The first-order valence-electron chi connectivity index (χ1n) is 9.60. The quantitative estimate of drug-likeness (QED) is 0.856. The monoisotopic (exact) mass is 382 g/mol. The minimum absolute atomic E-state index is 0.00905. The molecule has 2 aromatic rings. The van der Waals surface area contributed by atoms with E-state index < -0.39 is 5.66 Å². The standard InChI is InChI=1S/C22H26N2O4/c1-22(18-11-10-15(26-2)13-20(18)27-3)23-19-9-5-4-8-17(19)21(25)24(22)14-16-7-6-12-28-16/h4-5,8-11,13,16,23H,6-7,12,14H2,1-3H3. The lowest BCUT2D eigenvalue weighted by molar-refractivity contribution is 0.0238. The van der Waals surface area contributed by atoms with E-state index in [4.69, 9.17) is 14.2 Å². The van der Waals surface area contributed by atoms with Crippen molar-refractivity contribution >= 4 is 11.6 Å². The largest absolute Gasteiger partial charge is 0.497 e. The van der Waals surface area contributed by atoms with Crippen molar-refractivity contribution in [1.82, 2.24) is 4.90 Å². The van der Waals surface area contributed by atoms with Gasteiger partial charge in [-0.3, -0.25) is 4.79 Å². The molecule has 1 fully saturated rings. The fraction of sp³-hybridized carbons (Fsp3) is 0.409. The Labute approximate surface area is 165 Å². The molecule has 4 rings (SSSR count). The third kappa shape index (κ3) is 3.07. The second kappa shape index (κ2) is 7.36. The zero-order valence-electron chi connectivity index (χ0n) is 16.5. The van der Waals surface area contributed by atoms with Crippen LogP contribution in [-0.4, -0.2) is 44.3 Å². The number of rotatable bonds is 5. The molecule has 0 radical (unpaired) electrons. The summed E-state index contributed by atoms with van der Waals surface area (Å²) in [5.74, 6) is 1.36. The van der Waals surface area contributed by atoms with E-state index in [-0.39, 0.29) is 12.0 Å². The van der Waals surface area contributed by atoms with Gasteiger partial charge in [-0.1, -0.05) is 12.1 Å². The molecule has 1 N–H and O–H groups in total. The number of carbonyl (C=O) groups excluding carboxylic acids is 1. The van der Waals surface area contributed by atoms with Gasteiger partial charge in [-0.2, -0.15) is 0 Å². The topological polar surface area (TPSA) is 60.0 Å². The Bertz CT molecular complexity index is 879. The number of nitrogens with zero attached hydrogens (tertiary/aromatic N) is 1. The number of fused-ring (bicyclic) bond motifs is 1. The number of carbonyl (C=O) groups is 1. The second-order valence-electron chi connectivity index (χ2n) is 7.36. The molecule has 0 aromatic heterocycles. The predicted octanol–water partition coefficient (Wildman–Crippen LogP) is 3.62. The summed E-state index contributed by atoms with van der Waals surface area (Å²) in [4.78, 5) is 15.4. The second-order valence-corrected chi connectivity index (χ2v) is 7.36. The highest BCUT2D eigenvalue weighted by Crippen LogP contribution is 2.42. The number of anilines is 1. The summed E-state index contributed by atoms with van der Waals surface area (Å²) in [6.07, 6.45) is 2.03. The maximum atomic E-state index is 13.5. The molecule has 0 bridgehead atoms. The van der Waals surface area contributed by atoms with Crippen molar-refractivity contribution < 1.29 is 19.0 Å². The molecule has 2 unspecified atom stereocenters. The summed E-state index contributed by atoms with van der Waals surface area (Å²) >= 11 is 0. The van der Waals surface area contributed by atoms with E-state index in [1.807, 2.05) is 54.3 Å². The van der Waals surface area contributed by atoms with Crippen molar-refractivity contribution in [1.29, 1.82) is 0 Å². The lowest BCUT2D eigenvalue weighted by atomic mass is 9.92. The summed E-state index contributed by atoms with van der Waals surface area (Å²) in [5.41, 5.74) is 1.58. The lowest BCUT2D eigenvalue weighted by Crippen LogP contribution is -2.57. The maximum absolute atomic E-state index is 13.5. The molecule has 28 heavy (non-hydrogen) atoms. The Morgan fingerprint density at radius 1 is 1.21 bits per heavy atom. The van der Waals surface area contributed by atoms with Gasteiger partial charge in [0.1, 0.15) is 17.2 Å². The SMILES string of the molecule is COc1ccc(C2(C)Nc3ccccc3C(=O)N2CC2CCCO2)c(OC)c1. The zero-order valence-corrected chi connectivity index (χ0v) is 16.5. The van der Waals surface area contributed by atoms with Crippen LogP contribution in [-0.2, 0) is 10.4 Å². The van der Waals surface area contributed by atoms with Gasteiger partial charge in [0.05, 0.1) is 25.9 Å². The fourth-order valence-electron chi connectivity index (χ4n) is 4.13. The minimum Gasteiger partial charge on any atom is -0.497 e. The van der Waals surface area contributed by atoms with Crippen LogP contribution in [0.3, 0.4) is 0 Å². The Hall–Kier alpha value is -2.73. The molecular weight excluding hydrogens is 356 g/mol. The van der Waals surface area contributed by atoms with Crippen LogP contribution < -0.4 is 14.8 Å². The summed E-state index contributed by atoms with van der Waals surface area (Å²) in [6.45, 7) is 3.28. The van der Waals surface area contributed by atoms with Gasteiger partial charge in [0.15, 0.2) is 0 Å². The molecule has 2 atom stereocenters. The highest BCUT2D eigenvalue weighted by molar-refractivity contribution is 6.02. The highest BCUT2D eigenvalue weighted by Gasteiger charge is 2.45. The van der Waals surface area contributed by atoms with Crippen LogP contribution in [0.1, 0.15) is 35.7 Å². The first-order valence-corrected chi connectivity index (χ1v) is 9.60. The molecule has 2 aliphatic heterocycles. The van der Waals surface area contributed by atoms with Crippen molar-refractivity contribution in [2.45, 2.75) is 31.5 Å². The van der Waals surface area contributed by atoms with E-state index in [0.717, 1.165) is 30.7 Å². The number of hydrogen-bond donors (Lipinski definition) is 1. The van der Waals surface area contributed by atoms with E-state index >= 15 is 0 Å². The molecule has 0 spiro atoms. The van der Waals surface area contributed by atoms with E-state index in [1.54, 1.807) is 14.2 Å². The molecule has 2 aliphatic rings. The average Bonchev–Trinajstić information content (AvgIpc) is 3.24. The van der Waals surface area contributed by atoms with Crippen LogP contribution in [0, 0.1) is 0 Å². The average molecular weight is 382 g/mol. The van der Waals surface area contributed by atoms with Gasteiger partial charge in [-0.05, 0) is 44.0 Å². The van der Waals surface area contributed by atoms with Gasteiger partial charge in [-0.15, -0.1) is 0 Å². The number of hydrogen-bond acceptors (Lipinski definition) is 5. The molecule has 0 aliphatic carbocycles. The van der Waals surface area contributed by atoms with Crippen LogP contribution >= 0.6 is 0 Å². The molecule has 148 valence electrons. The van der Waals surface area contributed by atoms with E-state index in [2.05, 4.69) is 5.32 Å². The number of amides is 1. The first-order chi connectivity index (χ1) is 13.6. The molecule has 0 saturated carbocycles. The molecule has 2 aromatic carbocycles. The molecule has 2 heterocycles. The number of benzene rings is 2. The summed E-state index contributed by atoms with van der Waals surface area (Å²) in [7, 11) is 3.25. The lowest BCUT2D eigenvalue weighted by Gasteiger charge is -2.47. The number of methoxy groups -OCH3 is 2. The molecule has 1 saturated heterocycles. The summed E-state index contributed by atoms with van der Waals surface area (Å²) in [5, 5.41) is 3.59. The Morgan fingerprint density at radius 3 is 2.75 bits per heavy atom. The van der Waals surface area contributed by atoms with Crippen LogP contribution in [0.2, 0.25) is 0 Å². The van der Waals surface area contributed by atoms with E-state index in [0.29, 0.717) is 23.6 Å². The summed E-state index contributed by atoms with van der Waals surface area (Å²) in [6, 6.07) is 13.3. The van der Waals surface area contributed by atoms with Gasteiger partial charge in [0.25, 0.3) is 5.91 Å². The number of para-hydroxylation sites is 1. The normalized spacial score (nSPS) is 23.9.